The molecule has 0 radical (unpaired) electrons. The van der Waals surface area contributed by atoms with E-state index >= 15 is 0 Å². The number of hydrogen-bond donors (Lipinski definition) is 1. The lowest BCUT2D eigenvalue weighted by atomic mass is 10.0. The van der Waals surface area contributed by atoms with Crippen LogP contribution < -0.4 is 9.64 Å². The Hall–Kier alpha value is -3.33. The number of rotatable bonds is 3. The maximum atomic E-state index is 13.1. The van der Waals surface area contributed by atoms with Crippen LogP contribution in [0.15, 0.2) is 48.5 Å². The third-order valence-electron chi connectivity index (χ3n) is 5.79. The first kappa shape index (κ1) is 19.6. The lowest BCUT2D eigenvalue weighted by Crippen LogP contribution is -2.44. The fourth-order valence-corrected chi connectivity index (χ4v) is 4.47. The van der Waals surface area contributed by atoms with Gasteiger partial charge in [-0.15, -0.1) is 13.2 Å². The van der Waals surface area contributed by atoms with Crippen molar-refractivity contribution >= 4 is 28.4 Å². The van der Waals surface area contributed by atoms with Gasteiger partial charge >= 0.3 is 6.36 Å². The summed E-state index contributed by atoms with van der Waals surface area (Å²) in [6, 6.07) is 12.3. The molecule has 0 spiro atoms. The molecule has 0 unspecified atom stereocenters. The van der Waals surface area contributed by atoms with Crippen LogP contribution in [0.5, 0.6) is 5.75 Å². The van der Waals surface area contributed by atoms with E-state index in [-0.39, 0.29) is 12.1 Å². The van der Waals surface area contributed by atoms with Gasteiger partial charge < -0.3 is 9.72 Å². The van der Waals surface area contributed by atoms with Crippen molar-refractivity contribution in [3.63, 3.8) is 0 Å². The van der Waals surface area contributed by atoms with Crippen LogP contribution in [0, 0.1) is 0 Å². The Morgan fingerprint density at radius 2 is 1.87 bits per heavy atom. The SMILES string of the molecule is O=C1C[C@H](N2CCc3c([nH]c4ccccc34)C2)C(=O)N1c1cccc(OC(F)(F)F)c1. The summed E-state index contributed by atoms with van der Waals surface area (Å²) in [6.07, 6.45) is -4.13. The van der Waals surface area contributed by atoms with Crippen molar-refractivity contribution in [2.75, 3.05) is 11.4 Å². The molecule has 0 aliphatic carbocycles. The van der Waals surface area contributed by atoms with E-state index in [1.54, 1.807) is 0 Å². The van der Waals surface area contributed by atoms with E-state index in [1.165, 1.54) is 17.7 Å². The summed E-state index contributed by atoms with van der Waals surface area (Å²) >= 11 is 0. The minimum Gasteiger partial charge on any atom is -0.406 e. The number of ether oxygens (including phenoxy) is 1. The molecule has 1 atom stereocenters. The number of alkyl halides is 3. The highest BCUT2D eigenvalue weighted by Gasteiger charge is 2.44. The summed E-state index contributed by atoms with van der Waals surface area (Å²) in [6.45, 7) is 1.11. The average Bonchev–Trinajstić information content (AvgIpc) is 3.23. The quantitative estimate of drug-likeness (QED) is 0.644. The second kappa shape index (κ2) is 7.12. The molecule has 3 aromatic rings. The average molecular weight is 429 g/mol. The van der Waals surface area contributed by atoms with Crippen molar-refractivity contribution in [3.05, 3.63) is 59.8 Å². The number of halogens is 3. The van der Waals surface area contributed by atoms with Crippen molar-refractivity contribution in [1.29, 1.82) is 0 Å². The van der Waals surface area contributed by atoms with Crippen molar-refractivity contribution in [2.45, 2.75) is 31.8 Å². The highest BCUT2D eigenvalue weighted by Crippen LogP contribution is 2.33. The minimum atomic E-state index is -4.86. The third kappa shape index (κ3) is 3.54. The number of para-hydroxylation sites is 1. The van der Waals surface area contributed by atoms with E-state index in [0.717, 1.165) is 40.1 Å². The number of amides is 2. The molecule has 3 heterocycles. The number of H-pyrrole nitrogens is 1. The minimum absolute atomic E-state index is 0.0151. The van der Waals surface area contributed by atoms with Crippen molar-refractivity contribution in [2.24, 2.45) is 0 Å². The van der Waals surface area contributed by atoms with Gasteiger partial charge in [-0.25, -0.2) is 4.90 Å². The molecule has 2 amide bonds. The van der Waals surface area contributed by atoms with Crippen LogP contribution in [0.3, 0.4) is 0 Å². The van der Waals surface area contributed by atoms with Crippen LogP contribution in [-0.2, 0) is 22.6 Å². The summed E-state index contributed by atoms with van der Waals surface area (Å²) in [5.41, 5.74) is 3.35. The molecule has 31 heavy (non-hydrogen) atoms. The van der Waals surface area contributed by atoms with Crippen molar-refractivity contribution in [3.8, 4) is 5.75 Å². The topological polar surface area (TPSA) is 65.6 Å². The number of fused-ring (bicyclic) bond motifs is 3. The fraction of sp³-hybridized carbons (Fsp3) is 0.273. The van der Waals surface area contributed by atoms with E-state index in [2.05, 4.69) is 15.8 Å². The number of imide groups is 1. The molecular formula is C22H18F3N3O3. The Morgan fingerprint density at radius 3 is 2.68 bits per heavy atom. The summed E-state index contributed by atoms with van der Waals surface area (Å²) < 4.78 is 41.5. The molecule has 5 rings (SSSR count). The Bertz CT molecular complexity index is 1190. The van der Waals surface area contributed by atoms with Gasteiger partial charge in [0.05, 0.1) is 18.2 Å². The molecule has 1 saturated heterocycles. The highest BCUT2D eigenvalue weighted by atomic mass is 19.4. The van der Waals surface area contributed by atoms with E-state index in [4.69, 9.17) is 0 Å². The zero-order valence-electron chi connectivity index (χ0n) is 16.3. The smallest absolute Gasteiger partial charge is 0.406 e. The zero-order chi connectivity index (χ0) is 21.8. The van der Waals surface area contributed by atoms with Crippen LogP contribution in [0.25, 0.3) is 10.9 Å². The first-order valence-electron chi connectivity index (χ1n) is 9.85. The normalized spacial score (nSPS) is 19.8. The molecular weight excluding hydrogens is 411 g/mol. The van der Waals surface area contributed by atoms with Crippen LogP contribution in [-0.4, -0.2) is 40.6 Å². The van der Waals surface area contributed by atoms with Crippen LogP contribution >= 0.6 is 0 Å². The lowest BCUT2D eigenvalue weighted by molar-refractivity contribution is -0.274. The molecule has 1 N–H and O–H groups in total. The molecule has 1 fully saturated rings. The zero-order valence-corrected chi connectivity index (χ0v) is 16.3. The summed E-state index contributed by atoms with van der Waals surface area (Å²) in [5.74, 6) is -1.36. The number of hydrogen-bond acceptors (Lipinski definition) is 4. The monoisotopic (exact) mass is 429 g/mol. The molecule has 2 aromatic carbocycles. The maximum absolute atomic E-state index is 13.1. The molecule has 9 heteroatoms. The molecule has 6 nitrogen and oxygen atoms in total. The van der Waals surface area contributed by atoms with Gasteiger partial charge in [-0.3, -0.25) is 14.5 Å². The Kier molecular flexibility index (Phi) is 4.51. The van der Waals surface area contributed by atoms with Gasteiger partial charge in [-0.1, -0.05) is 24.3 Å². The van der Waals surface area contributed by atoms with E-state index < -0.39 is 30.0 Å². The highest BCUT2D eigenvalue weighted by molar-refractivity contribution is 6.22. The van der Waals surface area contributed by atoms with Gasteiger partial charge in [0.15, 0.2) is 0 Å². The molecule has 0 saturated carbocycles. The van der Waals surface area contributed by atoms with E-state index in [9.17, 15) is 22.8 Å². The van der Waals surface area contributed by atoms with Crippen LogP contribution in [0.1, 0.15) is 17.7 Å². The van der Waals surface area contributed by atoms with Crippen LogP contribution in [0.4, 0.5) is 18.9 Å². The lowest BCUT2D eigenvalue weighted by Gasteiger charge is -2.30. The van der Waals surface area contributed by atoms with Crippen LogP contribution in [0.2, 0.25) is 0 Å². The number of carbonyl (C=O) groups is 2. The number of benzene rings is 2. The van der Waals surface area contributed by atoms with Gasteiger partial charge in [0.2, 0.25) is 5.91 Å². The number of anilines is 1. The predicted octanol–water partition coefficient (Wildman–Crippen LogP) is 3.76. The van der Waals surface area contributed by atoms with Gasteiger partial charge in [-0.05, 0) is 30.2 Å². The van der Waals surface area contributed by atoms with E-state index in [1.807, 2.05) is 23.1 Å². The van der Waals surface area contributed by atoms with Gasteiger partial charge in [0.25, 0.3) is 5.91 Å². The Morgan fingerprint density at radius 1 is 1.06 bits per heavy atom. The molecule has 160 valence electrons. The maximum Gasteiger partial charge on any atom is 0.573 e. The van der Waals surface area contributed by atoms with Gasteiger partial charge in [0, 0.05) is 35.8 Å². The first-order valence-corrected chi connectivity index (χ1v) is 9.85. The second-order valence-electron chi connectivity index (χ2n) is 7.68. The Labute approximate surface area is 175 Å². The van der Waals surface area contributed by atoms with Crippen molar-refractivity contribution < 1.29 is 27.5 Å². The van der Waals surface area contributed by atoms with Gasteiger partial charge in [0.1, 0.15) is 5.75 Å². The standard InChI is InChI=1S/C22H18F3N3O3/c23-22(24,25)31-14-5-3-4-13(10-14)28-20(29)11-19(21(28)30)27-9-8-16-15-6-1-2-7-17(15)26-18(16)12-27/h1-7,10,19,26H,8-9,11-12H2/t19-/m0/s1. The predicted molar refractivity (Wildman–Crippen MR) is 106 cm³/mol. The molecule has 0 bridgehead atoms. The van der Waals surface area contributed by atoms with Gasteiger partial charge in [-0.2, -0.15) is 0 Å². The van der Waals surface area contributed by atoms with Crippen molar-refractivity contribution in [1.82, 2.24) is 9.88 Å². The molecule has 2 aliphatic rings. The third-order valence-corrected chi connectivity index (χ3v) is 5.79. The molecule has 2 aliphatic heterocycles. The largest absolute Gasteiger partial charge is 0.573 e. The summed E-state index contributed by atoms with van der Waals surface area (Å²) in [7, 11) is 0. The Balaban J connectivity index is 1.38. The number of nitrogens with one attached hydrogen (secondary N) is 1. The number of aromatic amines is 1. The number of nitrogens with zero attached hydrogens (tertiary/aromatic N) is 2. The number of carbonyl (C=O) groups excluding carboxylic acids is 2. The first-order chi connectivity index (χ1) is 14.8. The number of aromatic nitrogens is 1. The fourth-order valence-electron chi connectivity index (χ4n) is 4.47. The molecule has 1 aromatic heterocycles. The summed E-state index contributed by atoms with van der Waals surface area (Å²) in [4.78, 5) is 32.0. The summed E-state index contributed by atoms with van der Waals surface area (Å²) in [5, 5.41) is 1.16. The van der Waals surface area contributed by atoms with E-state index in [0.29, 0.717) is 13.1 Å². The second-order valence-corrected chi connectivity index (χ2v) is 7.68.